The number of benzene rings is 2. The smallest absolute Gasteiger partial charge is 0.262 e. The third-order valence-electron chi connectivity index (χ3n) is 4.49. The molecule has 1 aliphatic heterocycles. The van der Waals surface area contributed by atoms with Crippen LogP contribution in [-0.2, 0) is 4.79 Å². The Morgan fingerprint density at radius 2 is 2.00 bits per heavy atom. The number of rotatable bonds is 5. The highest BCUT2D eigenvalue weighted by Crippen LogP contribution is 2.41. The van der Waals surface area contributed by atoms with E-state index in [1.165, 1.54) is 36.0 Å². The van der Waals surface area contributed by atoms with Crippen LogP contribution in [0.3, 0.4) is 0 Å². The first kappa shape index (κ1) is 19.9. The van der Waals surface area contributed by atoms with Crippen LogP contribution in [0.2, 0.25) is 0 Å². The van der Waals surface area contributed by atoms with Gasteiger partial charge in [0.15, 0.2) is 6.61 Å². The van der Waals surface area contributed by atoms with E-state index in [9.17, 15) is 14.0 Å². The molecule has 152 valence electrons. The van der Waals surface area contributed by atoms with Crippen LogP contribution in [0, 0.1) is 5.82 Å². The van der Waals surface area contributed by atoms with Gasteiger partial charge in [0.2, 0.25) is 0 Å². The number of carbonyl (C=O) groups is 2. The van der Waals surface area contributed by atoms with E-state index < -0.39 is 0 Å². The number of hydrogen-bond donors (Lipinski definition) is 1. The number of hydrogen-bond acceptors (Lipinski definition) is 5. The highest BCUT2D eigenvalue weighted by atomic mass is 32.2. The Kier molecular flexibility index (Phi) is 5.67. The van der Waals surface area contributed by atoms with Gasteiger partial charge in [0.05, 0.1) is 11.3 Å². The Hall–Kier alpha value is -3.39. The third-order valence-corrected chi connectivity index (χ3v) is 5.55. The van der Waals surface area contributed by atoms with E-state index in [0.717, 1.165) is 10.6 Å². The maximum absolute atomic E-state index is 12.9. The number of nitrogens with zero attached hydrogens (tertiary/aromatic N) is 2. The Bertz CT molecular complexity index is 1110. The zero-order chi connectivity index (χ0) is 21.1. The summed E-state index contributed by atoms with van der Waals surface area (Å²) in [5, 5.41) is 3.41. The molecule has 30 heavy (non-hydrogen) atoms. The van der Waals surface area contributed by atoms with Crippen LogP contribution in [0.4, 0.5) is 15.8 Å². The number of nitrogens with one attached hydrogen (secondary N) is 1. The molecule has 0 bridgehead atoms. The fourth-order valence-corrected chi connectivity index (χ4v) is 4.14. The molecule has 0 unspecified atom stereocenters. The van der Waals surface area contributed by atoms with E-state index in [2.05, 4.69) is 10.3 Å². The van der Waals surface area contributed by atoms with Gasteiger partial charge in [-0.1, -0.05) is 11.8 Å². The van der Waals surface area contributed by atoms with Crippen LogP contribution in [0.5, 0.6) is 5.75 Å². The summed E-state index contributed by atoms with van der Waals surface area (Å²) >= 11 is 1.39. The van der Waals surface area contributed by atoms with Crippen molar-refractivity contribution in [1.29, 1.82) is 0 Å². The average Bonchev–Trinajstić information content (AvgIpc) is 2.87. The van der Waals surface area contributed by atoms with Crippen molar-refractivity contribution in [2.45, 2.75) is 16.8 Å². The van der Waals surface area contributed by atoms with E-state index in [0.29, 0.717) is 28.6 Å². The van der Waals surface area contributed by atoms with Gasteiger partial charge in [-0.2, -0.15) is 0 Å². The fourth-order valence-electron chi connectivity index (χ4n) is 3.08. The van der Waals surface area contributed by atoms with Crippen molar-refractivity contribution < 1.29 is 18.7 Å². The van der Waals surface area contributed by atoms with Gasteiger partial charge in [-0.05, 0) is 61.5 Å². The maximum Gasteiger partial charge on any atom is 0.262 e. The van der Waals surface area contributed by atoms with Gasteiger partial charge in [0, 0.05) is 23.3 Å². The third kappa shape index (κ3) is 4.13. The first-order chi connectivity index (χ1) is 14.5. The number of amides is 2. The minimum absolute atomic E-state index is 0.101. The largest absolute Gasteiger partial charge is 0.484 e. The highest BCUT2D eigenvalue weighted by molar-refractivity contribution is 7.99. The lowest BCUT2D eigenvalue weighted by atomic mass is 10.2. The first-order valence-corrected chi connectivity index (χ1v) is 10.1. The minimum atomic E-state index is -0.370. The van der Waals surface area contributed by atoms with Crippen molar-refractivity contribution in [3.8, 4) is 5.75 Å². The summed E-state index contributed by atoms with van der Waals surface area (Å²) in [6.07, 6.45) is 1.65. The van der Waals surface area contributed by atoms with Gasteiger partial charge < -0.3 is 15.0 Å². The van der Waals surface area contributed by atoms with Crippen molar-refractivity contribution >= 4 is 35.0 Å². The predicted octanol–water partition coefficient (Wildman–Crippen LogP) is 4.37. The van der Waals surface area contributed by atoms with E-state index in [1.807, 2.05) is 19.1 Å². The number of aromatic nitrogens is 1. The number of ether oxygens (including phenoxy) is 1. The van der Waals surface area contributed by atoms with Crippen molar-refractivity contribution in [2.75, 3.05) is 23.4 Å². The lowest BCUT2D eigenvalue weighted by molar-refractivity contribution is -0.118. The van der Waals surface area contributed by atoms with E-state index in [-0.39, 0.29) is 24.2 Å². The molecule has 8 heteroatoms. The van der Waals surface area contributed by atoms with Crippen molar-refractivity contribution in [3.63, 3.8) is 0 Å². The van der Waals surface area contributed by atoms with Crippen LogP contribution in [0.1, 0.15) is 17.3 Å². The molecule has 0 saturated heterocycles. The molecule has 0 atom stereocenters. The zero-order valence-corrected chi connectivity index (χ0v) is 16.9. The summed E-state index contributed by atoms with van der Waals surface area (Å²) in [4.78, 5) is 32.0. The van der Waals surface area contributed by atoms with Gasteiger partial charge >= 0.3 is 0 Å². The average molecular weight is 423 g/mol. The summed E-state index contributed by atoms with van der Waals surface area (Å²) < 4.78 is 18.3. The standard InChI is InChI=1S/C22H18FN3O3S/c1-2-26-18-10-7-15(25-20(27)13-29-16-8-5-14(23)6-9-16)12-19(18)30-21-17(22(26)28)4-3-11-24-21/h3-12H,2,13H2,1H3,(H,25,27). The van der Waals surface area contributed by atoms with Crippen LogP contribution < -0.4 is 15.0 Å². The van der Waals surface area contributed by atoms with Crippen LogP contribution in [0.25, 0.3) is 0 Å². The highest BCUT2D eigenvalue weighted by Gasteiger charge is 2.27. The lowest BCUT2D eigenvalue weighted by Crippen LogP contribution is -2.30. The number of anilines is 2. The summed E-state index contributed by atoms with van der Waals surface area (Å²) in [6.45, 7) is 2.22. The minimum Gasteiger partial charge on any atom is -0.484 e. The quantitative estimate of drug-likeness (QED) is 0.660. The maximum atomic E-state index is 12.9. The van der Waals surface area contributed by atoms with Gasteiger partial charge in [-0.3, -0.25) is 9.59 Å². The van der Waals surface area contributed by atoms with Gasteiger partial charge in [-0.15, -0.1) is 0 Å². The molecule has 1 aliphatic rings. The Balaban J connectivity index is 1.52. The van der Waals surface area contributed by atoms with Crippen molar-refractivity contribution in [1.82, 2.24) is 4.98 Å². The molecular formula is C22H18FN3O3S. The second kappa shape index (κ2) is 8.54. The van der Waals surface area contributed by atoms with E-state index in [4.69, 9.17) is 4.74 Å². The summed E-state index contributed by atoms with van der Waals surface area (Å²) in [5.74, 6) is -0.412. The second-order valence-corrected chi connectivity index (χ2v) is 7.51. The zero-order valence-electron chi connectivity index (χ0n) is 16.1. The van der Waals surface area contributed by atoms with Gasteiger partial charge in [0.1, 0.15) is 16.6 Å². The van der Waals surface area contributed by atoms with Gasteiger partial charge in [0.25, 0.3) is 11.8 Å². The summed E-state index contributed by atoms with van der Waals surface area (Å²) in [5.41, 5.74) is 1.90. The molecule has 1 aromatic heterocycles. The van der Waals surface area contributed by atoms with Crippen LogP contribution in [-0.4, -0.2) is 29.9 Å². The SMILES string of the molecule is CCN1C(=O)c2cccnc2Sc2cc(NC(=O)COc3ccc(F)cc3)ccc21. The van der Waals surface area contributed by atoms with Crippen LogP contribution in [0.15, 0.2) is 70.7 Å². The molecular weight excluding hydrogens is 405 g/mol. The van der Waals surface area contributed by atoms with Crippen molar-refractivity contribution in [2.24, 2.45) is 0 Å². The summed E-state index contributed by atoms with van der Waals surface area (Å²) in [6, 6.07) is 14.3. The molecule has 0 spiro atoms. The number of pyridine rings is 1. The Morgan fingerprint density at radius 3 is 2.77 bits per heavy atom. The van der Waals surface area contributed by atoms with Gasteiger partial charge in [-0.25, -0.2) is 9.37 Å². The molecule has 4 rings (SSSR count). The molecule has 2 aromatic carbocycles. The number of fused-ring (bicyclic) bond motifs is 2. The molecule has 1 N–H and O–H groups in total. The topological polar surface area (TPSA) is 71.5 Å². The molecule has 2 amide bonds. The number of carbonyl (C=O) groups excluding carboxylic acids is 2. The normalized spacial score (nSPS) is 12.6. The molecule has 6 nitrogen and oxygen atoms in total. The molecule has 2 heterocycles. The Labute approximate surface area is 177 Å². The molecule has 0 aliphatic carbocycles. The van der Waals surface area contributed by atoms with Crippen LogP contribution >= 0.6 is 11.8 Å². The number of halogens is 1. The van der Waals surface area contributed by atoms with Crippen molar-refractivity contribution in [3.05, 3.63) is 72.2 Å². The second-order valence-electron chi connectivity index (χ2n) is 6.48. The first-order valence-electron chi connectivity index (χ1n) is 9.32. The molecule has 0 saturated carbocycles. The predicted molar refractivity (Wildman–Crippen MR) is 113 cm³/mol. The summed E-state index contributed by atoms with van der Waals surface area (Å²) in [7, 11) is 0. The Morgan fingerprint density at radius 1 is 1.20 bits per heavy atom. The van der Waals surface area contributed by atoms with E-state index >= 15 is 0 Å². The molecule has 0 fully saturated rings. The van der Waals surface area contributed by atoms with E-state index in [1.54, 1.807) is 29.3 Å². The molecule has 0 radical (unpaired) electrons. The monoisotopic (exact) mass is 423 g/mol. The fraction of sp³-hybridized carbons (Fsp3) is 0.136. The molecule has 3 aromatic rings. The lowest BCUT2D eigenvalue weighted by Gasteiger charge is -2.21.